The maximum atomic E-state index is 12.2. The summed E-state index contributed by atoms with van der Waals surface area (Å²) in [5.74, 6) is -0.258. The largest absolute Gasteiger partial charge is 0.344 e. The van der Waals surface area contributed by atoms with Crippen LogP contribution in [0.5, 0.6) is 0 Å². The van der Waals surface area contributed by atoms with Crippen molar-refractivity contribution in [1.82, 2.24) is 25.3 Å². The lowest BCUT2D eigenvalue weighted by atomic mass is 10.1. The standard InChI is InChI=1S/C16H15N5O/c1-12(13-7-9-17-10-8-13)19-16(22)15-11-18-21(20-15)14-5-3-2-4-6-14/h2-12H,1H3,(H,19,22). The van der Waals surface area contributed by atoms with Crippen molar-refractivity contribution in [3.63, 3.8) is 0 Å². The molecule has 0 bridgehead atoms. The fraction of sp³-hybridized carbons (Fsp3) is 0.125. The Morgan fingerprint density at radius 2 is 1.86 bits per heavy atom. The summed E-state index contributed by atoms with van der Waals surface area (Å²) >= 11 is 0. The van der Waals surface area contributed by atoms with E-state index in [2.05, 4.69) is 20.5 Å². The van der Waals surface area contributed by atoms with Crippen molar-refractivity contribution in [1.29, 1.82) is 0 Å². The molecular formula is C16H15N5O. The van der Waals surface area contributed by atoms with Crippen LogP contribution < -0.4 is 5.32 Å². The van der Waals surface area contributed by atoms with E-state index in [1.807, 2.05) is 49.4 Å². The van der Waals surface area contributed by atoms with Gasteiger partial charge >= 0.3 is 0 Å². The third kappa shape index (κ3) is 3.01. The van der Waals surface area contributed by atoms with Crippen LogP contribution in [-0.2, 0) is 0 Å². The molecule has 6 heteroatoms. The molecule has 6 nitrogen and oxygen atoms in total. The fourth-order valence-electron chi connectivity index (χ4n) is 2.06. The van der Waals surface area contributed by atoms with Gasteiger partial charge in [-0.3, -0.25) is 9.78 Å². The predicted octanol–water partition coefficient (Wildman–Crippen LogP) is 2.15. The smallest absolute Gasteiger partial charge is 0.273 e. The summed E-state index contributed by atoms with van der Waals surface area (Å²) in [5, 5.41) is 11.2. The Bertz CT molecular complexity index is 754. The summed E-state index contributed by atoms with van der Waals surface area (Å²) in [6.45, 7) is 1.91. The predicted molar refractivity (Wildman–Crippen MR) is 81.5 cm³/mol. The minimum Gasteiger partial charge on any atom is -0.344 e. The third-order valence-electron chi connectivity index (χ3n) is 3.27. The minimum atomic E-state index is -0.258. The molecule has 3 rings (SSSR count). The number of aromatic nitrogens is 4. The summed E-state index contributed by atoms with van der Waals surface area (Å²) in [6, 6.07) is 13.1. The highest BCUT2D eigenvalue weighted by molar-refractivity contribution is 5.92. The summed E-state index contributed by atoms with van der Waals surface area (Å²) in [5.41, 5.74) is 2.08. The second-order valence-electron chi connectivity index (χ2n) is 4.83. The minimum absolute atomic E-state index is 0.127. The number of rotatable bonds is 4. The third-order valence-corrected chi connectivity index (χ3v) is 3.27. The maximum absolute atomic E-state index is 12.2. The van der Waals surface area contributed by atoms with E-state index in [1.54, 1.807) is 12.4 Å². The van der Waals surface area contributed by atoms with Crippen LogP contribution in [0.3, 0.4) is 0 Å². The molecule has 0 aliphatic heterocycles. The molecule has 1 unspecified atom stereocenters. The van der Waals surface area contributed by atoms with Gasteiger partial charge in [0.2, 0.25) is 0 Å². The molecule has 1 aromatic carbocycles. The molecule has 110 valence electrons. The second kappa shape index (κ2) is 6.17. The van der Waals surface area contributed by atoms with Crippen molar-refractivity contribution in [3.05, 3.63) is 72.3 Å². The Kier molecular flexibility index (Phi) is 3.91. The van der Waals surface area contributed by atoms with E-state index in [-0.39, 0.29) is 17.6 Å². The van der Waals surface area contributed by atoms with Crippen LogP contribution in [-0.4, -0.2) is 25.9 Å². The molecule has 22 heavy (non-hydrogen) atoms. The molecule has 0 radical (unpaired) electrons. The molecule has 1 amide bonds. The highest BCUT2D eigenvalue weighted by atomic mass is 16.2. The van der Waals surface area contributed by atoms with Crippen LogP contribution in [0.4, 0.5) is 0 Å². The lowest BCUT2D eigenvalue weighted by molar-refractivity contribution is 0.0934. The molecular weight excluding hydrogens is 278 g/mol. The Morgan fingerprint density at radius 1 is 1.14 bits per heavy atom. The van der Waals surface area contributed by atoms with Crippen LogP contribution in [0.15, 0.2) is 61.1 Å². The summed E-state index contributed by atoms with van der Waals surface area (Å²) in [6.07, 6.45) is 4.86. The molecule has 0 spiro atoms. The molecule has 0 saturated carbocycles. The summed E-state index contributed by atoms with van der Waals surface area (Å²) in [4.78, 5) is 17.6. The van der Waals surface area contributed by atoms with Gasteiger partial charge < -0.3 is 5.32 Å². The van der Waals surface area contributed by atoms with Crippen molar-refractivity contribution in [2.75, 3.05) is 0 Å². The van der Waals surface area contributed by atoms with Crippen LogP contribution in [0.1, 0.15) is 29.0 Å². The average Bonchev–Trinajstić information content (AvgIpc) is 3.06. The highest BCUT2D eigenvalue weighted by Crippen LogP contribution is 2.11. The second-order valence-corrected chi connectivity index (χ2v) is 4.83. The van der Waals surface area contributed by atoms with E-state index in [9.17, 15) is 4.79 Å². The average molecular weight is 293 g/mol. The number of hydrogen-bond acceptors (Lipinski definition) is 4. The number of hydrogen-bond donors (Lipinski definition) is 1. The van der Waals surface area contributed by atoms with Gasteiger partial charge in [0.25, 0.3) is 5.91 Å². The number of para-hydroxylation sites is 1. The number of carbonyl (C=O) groups excluding carboxylic acids is 1. The van der Waals surface area contributed by atoms with E-state index in [0.717, 1.165) is 11.3 Å². The maximum Gasteiger partial charge on any atom is 0.273 e. The molecule has 1 atom stereocenters. The van der Waals surface area contributed by atoms with Crippen LogP contribution in [0.25, 0.3) is 5.69 Å². The van der Waals surface area contributed by atoms with Gasteiger partial charge in [-0.2, -0.15) is 9.90 Å². The van der Waals surface area contributed by atoms with E-state index >= 15 is 0 Å². The number of nitrogens with one attached hydrogen (secondary N) is 1. The van der Waals surface area contributed by atoms with Crippen molar-refractivity contribution in [3.8, 4) is 5.69 Å². The Balaban J connectivity index is 1.72. The van der Waals surface area contributed by atoms with Crippen molar-refractivity contribution in [2.24, 2.45) is 0 Å². The quantitative estimate of drug-likeness (QED) is 0.800. The molecule has 3 aromatic rings. The van der Waals surface area contributed by atoms with Gasteiger partial charge in [0.05, 0.1) is 17.9 Å². The molecule has 0 aliphatic carbocycles. The fourth-order valence-corrected chi connectivity index (χ4v) is 2.06. The summed E-state index contributed by atoms with van der Waals surface area (Å²) in [7, 11) is 0. The number of amides is 1. The zero-order valence-electron chi connectivity index (χ0n) is 12.0. The van der Waals surface area contributed by atoms with Gasteiger partial charge in [-0.05, 0) is 36.8 Å². The zero-order valence-corrected chi connectivity index (χ0v) is 12.0. The number of nitrogens with zero attached hydrogens (tertiary/aromatic N) is 4. The zero-order chi connectivity index (χ0) is 15.4. The number of pyridine rings is 1. The van der Waals surface area contributed by atoms with Crippen molar-refractivity contribution >= 4 is 5.91 Å². The highest BCUT2D eigenvalue weighted by Gasteiger charge is 2.15. The van der Waals surface area contributed by atoms with Gasteiger partial charge in [-0.1, -0.05) is 18.2 Å². The first kappa shape index (κ1) is 13.9. The molecule has 0 saturated heterocycles. The number of carbonyl (C=O) groups is 1. The van der Waals surface area contributed by atoms with Crippen LogP contribution in [0, 0.1) is 0 Å². The Labute approximate surface area is 127 Å². The van der Waals surface area contributed by atoms with E-state index in [0.29, 0.717) is 0 Å². The van der Waals surface area contributed by atoms with Crippen molar-refractivity contribution in [2.45, 2.75) is 13.0 Å². The first-order valence-corrected chi connectivity index (χ1v) is 6.92. The van der Waals surface area contributed by atoms with E-state index in [1.165, 1.54) is 11.0 Å². The molecule has 2 heterocycles. The molecule has 2 aromatic heterocycles. The van der Waals surface area contributed by atoms with Gasteiger partial charge in [-0.15, -0.1) is 5.10 Å². The Morgan fingerprint density at radius 3 is 2.59 bits per heavy atom. The molecule has 1 N–H and O–H groups in total. The summed E-state index contributed by atoms with van der Waals surface area (Å²) < 4.78 is 0. The SMILES string of the molecule is CC(NC(=O)c1cnn(-c2ccccc2)n1)c1ccncc1. The molecule has 0 aliphatic rings. The first-order valence-electron chi connectivity index (χ1n) is 6.92. The van der Waals surface area contributed by atoms with Gasteiger partial charge in [0.1, 0.15) is 0 Å². The van der Waals surface area contributed by atoms with Gasteiger partial charge in [-0.25, -0.2) is 0 Å². The van der Waals surface area contributed by atoms with Gasteiger partial charge in [0.15, 0.2) is 5.69 Å². The number of benzene rings is 1. The topological polar surface area (TPSA) is 72.7 Å². The molecule has 0 fully saturated rings. The lowest BCUT2D eigenvalue weighted by Gasteiger charge is -2.12. The van der Waals surface area contributed by atoms with Crippen molar-refractivity contribution < 1.29 is 4.79 Å². The van der Waals surface area contributed by atoms with Gasteiger partial charge in [0, 0.05) is 12.4 Å². The normalized spacial score (nSPS) is 11.9. The van der Waals surface area contributed by atoms with Crippen LogP contribution >= 0.6 is 0 Å². The van der Waals surface area contributed by atoms with E-state index < -0.39 is 0 Å². The van der Waals surface area contributed by atoms with Crippen LogP contribution in [0.2, 0.25) is 0 Å². The monoisotopic (exact) mass is 293 g/mol. The Hall–Kier alpha value is -3.02. The first-order chi connectivity index (χ1) is 10.7. The lowest BCUT2D eigenvalue weighted by Crippen LogP contribution is -2.27. The van der Waals surface area contributed by atoms with E-state index in [4.69, 9.17) is 0 Å².